The first-order valence-corrected chi connectivity index (χ1v) is 7.74. The molecule has 0 saturated heterocycles. The van der Waals surface area contributed by atoms with Gasteiger partial charge in [-0.2, -0.15) is 13.2 Å². The summed E-state index contributed by atoms with van der Waals surface area (Å²) in [5, 5.41) is 18.1. The molecule has 0 aromatic heterocycles. The fraction of sp³-hybridized carbons (Fsp3) is 0.143. The predicted molar refractivity (Wildman–Crippen MR) is 79.5 cm³/mol. The highest BCUT2D eigenvalue weighted by atomic mass is 35.5. The normalized spacial score (nSPS) is 13.1. The lowest BCUT2D eigenvalue weighted by atomic mass is 10.1. The highest BCUT2D eigenvalue weighted by Gasteiger charge is 2.33. The van der Waals surface area contributed by atoms with Crippen LogP contribution >= 0.6 is 11.6 Å². The van der Waals surface area contributed by atoms with Gasteiger partial charge in [-0.3, -0.25) is 0 Å². The number of aromatic hydroxyl groups is 2. The van der Waals surface area contributed by atoms with E-state index in [1.165, 1.54) is 12.1 Å². The number of nitrogens with one attached hydrogen (secondary N) is 1. The van der Waals surface area contributed by atoms with Crippen LogP contribution in [0.2, 0.25) is 5.02 Å². The van der Waals surface area contributed by atoms with Crippen molar-refractivity contribution in [1.82, 2.24) is 4.72 Å². The minimum absolute atomic E-state index is 0.103. The van der Waals surface area contributed by atoms with E-state index in [2.05, 4.69) is 4.72 Å². The largest absolute Gasteiger partial charge is 0.593 e. The zero-order valence-electron chi connectivity index (χ0n) is 11.4. The summed E-state index contributed by atoms with van der Waals surface area (Å²) < 4.78 is 52.8. The number of benzene rings is 2. The van der Waals surface area contributed by atoms with Crippen LogP contribution < -0.4 is 4.72 Å². The smallest absolute Gasteiger partial charge is 0.417 e. The molecule has 2 aromatic rings. The molecule has 0 amide bonds. The highest BCUT2D eigenvalue weighted by molar-refractivity contribution is 7.89. The molecule has 2 rings (SSSR count). The van der Waals surface area contributed by atoms with Crippen molar-refractivity contribution in [3.8, 4) is 11.5 Å². The number of hydrogen-bond acceptors (Lipinski definition) is 4. The van der Waals surface area contributed by atoms with Gasteiger partial charge in [-0.1, -0.05) is 17.7 Å². The summed E-state index contributed by atoms with van der Waals surface area (Å²) in [7, 11) is 0. The van der Waals surface area contributed by atoms with E-state index in [4.69, 9.17) is 11.6 Å². The molecule has 124 valence electrons. The molecule has 0 aliphatic rings. The number of rotatable bonds is 4. The minimum Gasteiger partial charge on any atom is -0.593 e. The van der Waals surface area contributed by atoms with Gasteiger partial charge in [-0.25, -0.2) is 0 Å². The van der Waals surface area contributed by atoms with Crippen LogP contribution in [0.1, 0.15) is 11.1 Å². The molecule has 0 aliphatic carbocycles. The summed E-state index contributed by atoms with van der Waals surface area (Å²) in [6.07, 6.45) is -4.57. The van der Waals surface area contributed by atoms with Crippen LogP contribution in [-0.2, 0) is 24.1 Å². The molecule has 1 unspecified atom stereocenters. The summed E-state index contributed by atoms with van der Waals surface area (Å²) in [5.74, 6) is -0.804. The summed E-state index contributed by atoms with van der Waals surface area (Å²) in [4.78, 5) is 0.172. The Hall–Kier alpha value is -1.61. The zero-order valence-corrected chi connectivity index (χ0v) is 13.0. The minimum atomic E-state index is -4.57. The molecule has 3 N–H and O–H groups in total. The Morgan fingerprint density at radius 1 is 1.09 bits per heavy atom. The van der Waals surface area contributed by atoms with Crippen molar-refractivity contribution in [2.24, 2.45) is 0 Å². The standard InChI is InChI=1S/C14H11ClF3NO3S/c15-11-3-1-8(5-10(11)14(16,17)18)7-19-23(22)9-2-4-12(20)13(21)6-9/h1-6,19-21H,7H2. The van der Waals surface area contributed by atoms with E-state index in [0.717, 1.165) is 24.3 Å². The molecule has 0 aliphatic heterocycles. The topological polar surface area (TPSA) is 75.5 Å². The summed E-state index contributed by atoms with van der Waals surface area (Å²) >= 11 is 3.75. The second-order valence-corrected chi connectivity index (χ2v) is 6.26. The molecule has 0 spiro atoms. The fourth-order valence-corrected chi connectivity index (χ4v) is 2.85. The first-order valence-electron chi connectivity index (χ1n) is 6.21. The third-order valence-corrected chi connectivity index (χ3v) is 4.32. The Labute approximate surface area is 137 Å². The van der Waals surface area contributed by atoms with E-state index in [9.17, 15) is 27.9 Å². The molecular formula is C14H11ClF3NO3S. The maximum absolute atomic E-state index is 12.8. The van der Waals surface area contributed by atoms with Crippen LogP contribution in [0.4, 0.5) is 13.2 Å². The monoisotopic (exact) mass is 365 g/mol. The highest BCUT2D eigenvalue weighted by Crippen LogP contribution is 2.35. The molecule has 0 radical (unpaired) electrons. The Balaban J connectivity index is 2.10. The van der Waals surface area contributed by atoms with Gasteiger partial charge in [0.05, 0.1) is 28.5 Å². The average molecular weight is 366 g/mol. The lowest BCUT2D eigenvalue weighted by molar-refractivity contribution is -0.137. The van der Waals surface area contributed by atoms with Crippen LogP contribution in [0.25, 0.3) is 0 Å². The summed E-state index contributed by atoms with van der Waals surface area (Å²) in [5.41, 5.74) is -0.718. The maximum Gasteiger partial charge on any atom is 0.417 e. The van der Waals surface area contributed by atoms with Crippen molar-refractivity contribution in [2.75, 3.05) is 0 Å². The van der Waals surface area contributed by atoms with Gasteiger partial charge in [-0.05, 0) is 29.8 Å². The second kappa shape index (κ2) is 6.88. The lowest BCUT2D eigenvalue weighted by Gasteiger charge is -2.13. The van der Waals surface area contributed by atoms with Crippen molar-refractivity contribution in [2.45, 2.75) is 17.6 Å². The van der Waals surface area contributed by atoms with Crippen LogP contribution in [0.15, 0.2) is 41.3 Å². The Morgan fingerprint density at radius 2 is 1.78 bits per heavy atom. The van der Waals surface area contributed by atoms with Gasteiger partial charge in [0, 0.05) is 6.07 Å². The van der Waals surface area contributed by atoms with Crippen LogP contribution in [0, 0.1) is 0 Å². The quantitative estimate of drug-likeness (QED) is 0.572. The van der Waals surface area contributed by atoms with E-state index >= 15 is 0 Å². The number of phenols is 2. The van der Waals surface area contributed by atoms with Gasteiger partial charge in [0.15, 0.2) is 16.4 Å². The van der Waals surface area contributed by atoms with Gasteiger partial charge < -0.3 is 14.8 Å². The van der Waals surface area contributed by atoms with Crippen LogP contribution in [-0.4, -0.2) is 14.8 Å². The molecule has 0 saturated carbocycles. The number of phenolic OH excluding ortho intramolecular Hbond substituents is 2. The van der Waals surface area contributed by atoms with Gasteiger partial charge in [0.25, 0.3) is 0 Å². The van der Waals surface area contributed by atoms with Crippen molar-refractivity contribution < 1.29 is 27.9 Å². The van der Waals surface area contributed by atoms with Crippen molar-refractivity contribution in [1.29, 1.82) is 0 Å². The van der Waals surface area contributed by atoms with E-state index in [-0.39, 0.29) is 22.8 Å². The van der Waals surface area contributed by atoms with E-state index < -0.39 is 33.9 Å². The van der Waals surface area contributed by atoms with Crippen LogP contribution in [0.3, 0.4) is 0 Å². The van der Waals surface area contributed by atoms with Gasteiger partial charge >= 0.3 is 6.18 Å². The summed E-state index contributed by atoms with van der Waals surface area (Å²) in [6.45, 7) is -0.103. The molecule has 2 aromatic carbocycles. The SMILES string of the molecule is [O-][S+](NCc1ccc(Cl)c(C(F)(F)F)c1)c1ccc(O)c(O)c1. The van der Waals surface area contributed by atoms with E-state index in [1.807, 2.05) is 0 Å². The number of alkyl halides is 3. The molecule has 23 heavy (non-hydrogen) atoms. The Morgan fingerprint density at radius 3 is 2.39 bits per heavy atom. The first-order chi connectivity index (χ1) is 10.7. The molecule has 0 bridgehead atoms. The van der Waals surface area contributed by atoms with Crippen LogP contribution in [0.5, 0.6) is 11.5 Å². The molecule has 0 heterocycles. The van der Waals surface area contributed by atoms with E-state index in [0.29, 0.717) is 0 Å². The Kier molecular flexibility index (Phi) is 5.30. The average Bonchev–Trinajstić information content (AvgIpc) is 2.47. The van der Waals surface area contributed by atoms with Crippen molar-refractivity contribution in [3.63, 3.8) is 0 Å². The van der Waals surface area contributed by atoms with Gasteiger partial charge in [0.2, 0.25) is 0 Å². The second-order valence-electron chi connectivity index (χ2n) is 4.55. The predicted octanol–water partition coefficient (Wildman–Crippen LogP) is 3.58. The third kappa shape index (κ3) is 4.44. The van der Waals surface area contributed by atoms with Gasteiger partial charge in [0.1, 0.15) is 0 Å². The van der Waals surface area contributed by atoms with E-state index in [1.54, 1.807) is 0 Å². The van der Waals surface area contributed by atoms with Crippen molar-refractivity contribution in [3.05, 3.63) is 52.5 Å². The lowest BCUT2D eigenvalue weighted by Crippen LogP contribution is -2.23. The Bertz CT molecular complexity index is 712. The molecule has 9 heteroatoms. The van der Waals surface area contributed by atoms with Crippen molar-refractivity contribution >= 4 is 23.0 Å². The third-order valence-electron chi connectivity index (χ3n) is 2.90. The molecule has 1 atom stereocenters. The summed E-state index contributed by atoms with van der Waals surface area (Å²) in [6, 6.07) is 6.96. The molecule has 0 fully saturated rings. The molecule has 4 nitrogen and oxygen atoms in total. The fourth-order valence-electron chi connectivity index (χ4n) is 1.75. The first kappa shape index (κ1) is 17.7. The van der Waals surface area contributed by atoms with Gasteiger partial charge in [-0.15, -0.1) is 4.72 Å². The number of hydrogen-bond donors (Lipinski definition) is 3. The molecular weight excluding hydrogens is 355 g/mol. The zero-order chi connectivity index (χ0) is 17.2. The maximum atomic E-state index is 12.8. The number of halogens is 4.